The van der Waals surface area contributed by atoms with Gasteiger partial charge in [-0.1, -0.05) is 13.8 Å². The highest BCUT2D eigenvalue weighted by Gasteiger charge is 2.41. The Morgan fingerprint density at radius 1 is 1.24 bits per heavy atom. The zero-order valence-electron chi connectivity index (χ0n) is 13.5. The second kappa shape index (κ2) is 8.56. The van der Waals surface area contributed by atoms with Crippen molar-refractivity contribution in [2.75, 3.05) is 26.7 Å². The average molecular weight is 340 g/mol. The third kappa shape index (κ3) is 4.25. The molecule has 2 aliphatic rings. The summed E-state index contributed by atoms with van der Waals surface area (Å²) in [6.45, 7) is 6.82. The van der Waals surface area contributed by atoms with Crippen LogP contribution in [0.15, 0.2) is 0 Å². The van der Waals surface area contributed by atoms with E-state index in [-0.39, 0.29) is 36.1 Å². The quantitative estimate of drug-likeness (QED) is 0.807. The summed E-state index contributed by atoms with van der Waals surface area (Å²) in [7, 11) is 1.97. The first-order valence-corrected chi connectivity index (χ1v) is 7.79. The molecular weight excluding hydrogens is 309 g/mol. The number of likely N-dealkylation sites (N-methyl/N-ethyl adjacent to an activating group) is 1. The molecule has 126 valence electrons. The highest BCUT2D eigenvalue weighted by atomic mass is 35.5. The molecule has 21 heavy (non-hydrogen) atoms. The second-order valence-corrected chi connectivity index (χ2v) is 6.28. The van der Waals surface area contributed by atoms with Crippen molar-refractivity contribution in [3.8, 4) is 0 Å². The van der Waals surface area contributed by atoms with E-state index in [0.29, 0.717) is 12.6 Å². The van der Waals surface area contributed by atoms with Crippen molar-refractivity contribution in [1.29, 1.82) is 0 Å². The molecule has 1 unspecified atom stereocenters. The van der Waals surface area contributed by atoms with Crippen LogP contribution in [0.2, 0.25) is 0 Å². The number of rotatable bonds is 6. The fraction of sp³-hybridized carbons (Fsp3) is 0.933. The minimum atomic E-state index is -0.345. The minimum Gasteiger partial charge on any atom is -0.341 e. The molecule has 0 bridgehead atoms. The summed E-state index contributed by atoms with van der Waals surface area (Å²) >= 11 is 0. The highest BCUT2D eigenvalue weighted by Crippen LogP contribution is 2.33. The number of nitrogens with zero attached hydrogens (tertiary/aromatic N) is 2. The largest absolute Gasteiger partial charge is 0.341 e. The lowest BCUT2D eigenvalue weighted by molar-refractivity contribution is -0.142. The van der Waals surface area contributed by atoms with Gasteiger partial charge in [0.05, 0.1) is 5.41 Å². The fourth-order valence-corrected chi connectivity index (χ4v) is 3.32. The van der Waals surface area contributed by atoms with Gasteiger partial charge in [-0.2, -0.15) is 0 Å². The Morgan fingerprint density at radius 2 is 1.81 bits per heavy atom. The van der Waals surface area contributed by atoms with Crippen LogP contribution in [-0.2, 0) is 4.79 Å². The molecule has 1 saturated heterocycles. The van der Waals surface area contributed by atoms with Crippen molar-refractivity contribution < 1.29 is 4.79 Å². The van der Waals surface area contributed by atoms with Gasteiger partial charge >= 0.3 is 0 Å². The van der Waals surface area contributed by atoms with E-state index < -0.39 is 0 Å². The van der Waals surface area contributed by atoms with E-state index in [0.717, 1.165) is 38.4 Å². The predicted octanol–water partition coefficient (Wildman–Crippen LogP) is 2.29. The van der Waals surface area contributed by atoms with Gasteiger partial charge in [-0.05, 0) is 32.1 Å². The van der Waals surface area contributed by atoms with Crippen LogP contribution in [-0.4, -0.2) is 54.5 Å². The van der Waals surface area contributed by atoms with Gasteiger partial charge < -0.3 is 10.6 Å². The van der Waals surface area contributed by atoms with Crippen LogP contribution >= 0.6 is 24.8 Å². The summed E-state index contributed by atoms with van der Waals surface area (Å²) < 4.78 is 0. The first-order chi connectivity index (χ1) is 9.07. The highest BCUT2D eigenvalue weighted by molar-refractivity contribution is 5.85. The number of amides is 1. The van der Waals surface area contributed by atoms with E-state index in [1.165, 1.54) is 12.8 Å². The van der Waals surface area contributed by atoms with Gasteiger partial charge in [0.1, 0.15) is 0 Å². The number of hydrogen-bond donors (Lipinski definition) is 1. The van der Waals surface area contributed by atoms with Gasteiger partial charge in [0.25, 0.3) is 0 Å². The van der Waals surface area contributed by atoms with E-state index in [1.807, 2.05) is 11.9 Å². The Kier molecular flexibility index (Phi) is 8.55. The summed E-state index contributed by atoms with van der Waals surface area (Å²) in [5.74, 6) is 0.252. The van der Waals surface area contributed by atoms with Crippen LogP contribution in [0, 0.1) is 5.41 Å². The molecule has 0 aromatic carbocycles. The molecule has 1 atom stereocenters. The molecule has 0 radical (unpaired) electrons. The predicted molar refractivity (Wildman–Crippen MR) is 92.3 cm³/mol. The van der Waals surface area contributed by atoms with Crippen LogP contribution in [0.5, 0.6) is 0 Å². The molecule has 6 heteroatoms. The standard InChI is InChI=1S/C15H29N3O.2ClH/c1-4-15(5-2,11-16)14(19)17(3)13-8-9-18(10-13)12-6-7-12;;/h12-13H,4-11,16H2,1-3H3;2*1H. The first kappa shape index (κ1) is 21.0. The van der Waals surface area contributed by atoms with E-state index in [2.05, 4.69) is 18.7 Å². The topological polar surface area (TPSA) is 49.6 Å². The molecule has 1 heterocycles. The Labute approximate surface area is 141 Å². The van der Waals surface area contributed by atoms with Crippen LogP contribution < -0.4 is 5.73 Å². The Balaban J connectivity index is 0.00000200. The van der Waals surface area contributed by atoms with Crippen molar-refractivity contribution in [1.82, 2.24) is 9.80 Å². The minimum absolute atomic E-state index is 0. The van der Waals surface area contributed by atoms with E-state index >= 15 is 0 Å². The molecule has 0 spiro atoms. The van der Waals surface area contributed by atoms with Gasteiger partial charge in [0, 0.05) is 38.8 Å². The van der Waals surface area contributed by atoms with E-state index in [1.54, 1.807) is 0 Å². The van der Waals surface area contributed by atoms with Gasteiger partial charge in [-0.3, -0.25) is 9.69 Å². The maximum absolute atomic E-state index is 12.8. The van der Waals surface area contributed by atoms with Crippen LogP contribution in [0.3, 0.4) is 0 Å². The van der Waals surface area contributed by atoms with Gasteiger partial charge in [-0.25, -0.2) is 0 Å². The van der Waals surface area contributed by atoms with Crippen molar-refractivity contribution in [3.05, 3.63) is 0 Å². The molecule has 4 nitrogen and oxygen atoms in total. The summed E-state index contributed by atoms with van der Waals surface area (Å²) in [5.41, 5.74) is 5.55. The maximum Gasteiger partial charge on any atom is 0.230 e. The Morgan fingerprint density at radius 3 is 2.24 bits per heavy atom. The maximum atomic E-state index is 12.8. The van der Waals surface area contributed by atoms with Crippen molar-refractivity contribution >= 4 is 30.7 Å². The fourth-order valence-electron chi connectivity index (χ4n) is 3.32. The monoisotopic (exact) mass is 339 g/mol. The second-order valence-electron chi connectivity index (χ2n) is 6.28. The number of halogens is 2. The van der Waals surface area contributed by atoms with E-state index in [9.17, 15) is 4.79 Å². The summed E-state index contributed by atoms with van der Waals surface area (Å²) in [5, 5.41) is 0. The number of carbonyl (C=O) groups excluding carboxylic acids is 1. The summed E-state index contributed by atoms with van der Waals surface area (Å²) in [4.78, 5) is 17.3. The van der Waals surface area contributed by atoms with Crippen molar-refractivity contribution in [3.63, 3.8) is 0 Å². The number of likely N-dealkylation sites (tertiary alicyclic amines) is 1. The smallest absolute Gasteiger partial charge is 0.230 e. The normalized spacial score (nSPS) is 22.4. The van der Waals surface area contributed by atoms with Crippen LogP contribution in [0.1, 0.15) is 46.0 Å². The molecule has 2 rings (SSSR count). The van der Waals surface area contributed by atoms with E-state index in [4.69, 9.17) is 5.73 Å². The third-order valence-corrected chi connectivity index (χ3v) is 5.32. The summed E-state index contributed by atoms with van der Waals surface area (Å²) in [6, 6.07) is 1.20. The van der Waals surface area contributed by atoms with Gasteiger partial charge in [0.2, 0.25) is 5.91 Å². The Hall–Kier alpha value is -0.0300. The zero-order valence-corrected chi connectivity index (χ0v) is 15.1. The lowest BCUT2D eigenvalue weighted by Gasteiger charge is -2.36. The lowest BCUT2D eigenvalue weighted by atomic mass is 9.80. The molecule has 0 aromatic rings. The molecule has 1 aliphatic heterocycles. The van der Waals surface area contributed by atoms with Crippen LogP contribution in [0.4, 0.5) is 0 Å². The molecule has 1 saturated carbocycles. The first-order valence-electron chi connectivity index (χ1n) is 7.79. The number of nitrogens with two attached hydrogens (primary N) is 1. The van der Waals surface area contributed by atoms with Crippen molar-refractivity contribution in [2.45, 2.75) is 58.0 Å². The third-order valence-electron chi connectivity index (χ3n) is 5.32. The molecule has 1 aliphatic carbocycles. The number of carbonyl (C=O) groups is 1. The average Bonchev–Trinajstić information content (AvgIpc) is 3.18. The summed E-state index contributed by atoms with van der Waals surface area (Å²) in [6.07, 6.45) is 5.49. The molecule has 1 amide bonds. The number of hydrogen-bond acceptors (Lipinski definition) is 3. The SMILES string of the molecule is CCC(CC)(CN)C(=O)N(C)C1CCN(C2CC2)C1.Cl.Cl. The lowest BCUT2D eigenvalue weighted by Crippen LogP contribution is -2.50. The van der Waals surface area contributed by atoms with Crippen molar-refractivity contribution in [2.24, 2.45) is 11.1 Å². The molecule has 2 N–H and O–H groups in total. The zero-order chi connectivity index (χ0) is 14.0. The molecule has 2 fully saturated rings. The Bertz CT molecular complexity index is 325. The van der Waals surface area contributed by atoms with Gasteiger partial charge in [-0.15, -0.1) is 24.8 Å². The van der Waals surface area contributed by atoms with Crippen LogP contribution in [0.25, 0.3) is 0 Å². The molecule has 0 aromatic heterocycles. The molecular formula is C15H31Cl2N3O. The van der Waals surface area contributed by atoms with Gasteiger partial charge in [0.15, 0.2) is 0 Å².